The van der Waals surface area contributed by atoms with Gasteiger partial charge in [0.2, 0.25) is 0 Å². The van der Waals surface area contributed by atoms with Gasteiger partial charge in [-0.1, -0.05) is 5.16 Å². The molecule has 0 aliphatic carbocycles. The molecule has 0 aromatic rings. The Hall–Kier alpha value is -0.665. The van der Waals surface area contributed by atoms with Crippen LogP contribution in [-0.2, 0) is 0 Å². The van der Waals surface area contributed by atoms with Crippen molar-refractivity contribution >= 4 is 13.6 Å². The zero-order chi connectivity index (χ0) is 4.28. The lowest BCUT2D eigenvalue weighted by molar-refractivity contribution is 0.320. The molecule has 0 unspecified atom stereocenters. The highest BCUT2D eigenvalue weighted by Gasteiger charge is 1.65. The maximum atomic E-state index is 7.48. The summed E-state index contributed by atoms with van der Waals surface area (Å²) in [6.45, 7) is 0. The van der Waals surface area contributed by atoms with E-state index in [0.717, 1.165) is 0 Å². The number of hydrogen-bond donors (Lipinski definition) is 2. The zero-order valence-corrected chi connectivity index (χ0v) is 2.55. The third-order valence-corrected chi connectivity index (χ3v) is 0.115. The van der Waals surface area contributed by atoms with Gasteiger partial charge >= 0.3 is 0 Å². The van der Waals surface area contributed by atoms with E-state index < -0.39 is 0 Å². The summed E-state index contributed by atoms with van der Waals surface area (Å²) >= 11 is 0. The average molecular weight is 69.9 g/mol. The van der Waals surface area contributed by atoms with E-state index in [9.17, 15) is 0 Å². The molecule has 0 rings (SSSR count). The summed E-state index contributed by atoms with van der Waals surface area (Å²) in [6.07, 6.45) is 0. The first-order chi connectivity index (χ1) is 2.27. The second-order valence-electron chi connectivity index (χ2n) is 0.525. The van der Waals surface area contributed by atoms with E-state index in [1.165, 1.54) is 0 Å². The Kier molecular flexibility index (Phi) is 1.42. The summed E-state index contributed by atoms with van der Waals surface area (Å²) in [5, 5.41) is 9.84. The summed E-state index contributed by atoms with van der Waals surface area (Å²) in [5.74, 6) is 0. The summed E-state index contributed by atoms with van der Waals surface area (Å²) in [4.78, 5) is 0. The smallest absolute Gasteiger partial charge is 0.171 e. The Morgan fingerprint density at radius 1 is 2.00 bits per heavy atom. The van der Waals surface area contributed by atoms with Crippen LogP contribution in [0.2, 0.25) is 0 Å². The lowest BCUT2D eigenvalue weighted by Crippen LogP contribution is -2.09. The predicted octanol–water partition coefficient (Wildman–Crippen LogP) is -1.14. The molecule has 0 spiro atoms. The Labute approximate surface area is 30.9 Å². The summed E-state index contributed by atoms with van der Waals surface area (Å²) in [5.41, 5.74) is 4.25. The van der Waals surface area contributed by atoms with Crippen molar-refractivity contribution in [3.63, 3.8) is 0 Å². The zero-order valence-electron chi connectivity index (χ0n) is 2.55. The maximum absolute atomic E-state index is 7.48. The monoisotopic (exact) mass is 70.0 g/mol. The van der Waals surface area contributed by atoms with E-state index in [2.05, 4.69) is 18.7 Å². The first kappa shape index (κ1) is 4.33. The molecule has 4 heteroatoms. The van der Waals surface area contributed by atoms with Gasteiger partial charge in [0.25, 0.3) is 0 Å². The van der Waals surface area contributed by atoms with Crippen molar-refractivity contribution < 1.29 is 5.21 Å². The van der Waals surface area contributed by atoms with Gasteiger partial charge in [-0.15, -0.1) is 0 Å². The fourth-order valence-electron chi connectivity index (χ4n) is 0. The van der Waals surface area contributed by atoms with E-state index >= 15 is 0 Å². The van der Waals surface area contributed by atoms with Crippen molar-refractivity contribution in [2.45, 2.75) is 0 Å². The van der Waals surface area contributed by atoms with Crippen molar-refractivity contribution in [3.05, 3.63) is 0 Å². The molecule has 0 aliphatic heterocycles. The number of nitrogens with two attached hydrogens (primary N) is 1. The molecule has 0 aromatic carbocycles. The molecule has 2 radical (unpaired) electrons. The van der Waals surface area contributed by atoms with Crippen molar-refractivity contribution in [1.82, 2.24) is 0 Å². The third kappa shape index (κ3) is 3.33. The Morgan fingerprint density at radius 3 is 2.20 bits per heavy atom. The van der Waals surface area contributed by atoms with Crippen LogP contribution in [0.15, 0.2) is 5.16 Å². The van der Waals surface area contributed by atoms with Crippen molar-refractivity contribution in [2.75, 3.05) is 0 Å². The van der Waals surface area contributed by atoms with Gasteiger partial charge in [0.1, 0.15) is 0 Å². The second-order valence-corrected chi connectivity index (χ2v) is 0.525. The lowest BCUT2D eigenvalue weighted by atomic mass is 10.1. The van der Waals surface area contributed by atoms with E-state index in [0.29, 0.717) is 0 Å². The quantitative estimate of drug-likeness (QED) is 0.124. The van der Waals surface area contributed by atoms with Gasteiger partial charge in [0.15, 0.2) is 7.85 Å². The van der Waals surface area contributed by atoms with Crippen molar-refractivity contribution in [2.24, 2.45) is 10.9 Å². The standard InChI is InChI=1S/CH3BN2O/c2-1(3)4-5/h5H,(H2,3,4). The van der Waals surface area contributed by atoms with Crippen LogP contribution in [0.25, 0.3) is 0 Å². The molecule has 0 amide bonds. The van der Waals surface area contributed by atoms with Crippen molar-refractivity contribution in [3.8, 4) is 0 Å². The van der Waals surface area contributed by atoms with Crippen LogP contribution >= 0.6 is 0 Å². The minimum Gasteiger partial charge on any atom is -0.410 e. The summed E-state index contributed by atoms with van der Waals surface area (Å²) in [7, 11) is 4.57. The first-order valence-electron chi connectivity index (χ1n) is 1.00. The largest absolute Gasteiger partial charge is 0.410 e. The number of rotatable bonds is 0. The van der Waals surface area contributed by atoms with Crippen LogP contribution in [0.5, 0.6) is 0 Å². The highest BCUT2D eigenvalue weighted by atomic mass is 16.4. The van der Waals surface area contributed by atoms with E-state index in [1.54, 1.807) is 0 Å². The molecule has 0 aliphatic rings. The van der Waals surface area contributed by atoms with Crippen LogP contribution in [0, 0.1) is 0 Å². The number of amidine groups is 1. The van der Waals surface area contributed by atoms with Crippen LogP contribution in [-0.4, -0.2) is 18.8 Å². The molecule has 0 fully saturated rings. The van der Waals surface area contributed by atoms with Crippen LogP contribution in [0.1, 0.15) is 0 Å². The topological polar surface area (TPSA) is 58.6 Å². The molecule has 26 valence electrons. The van der Waals surface area contributed by atoms with Gasteiger partial charge in [0.05, 0.1) is 5.73 Å². The van der Waals surface area contributed by atoms with E-state index in [1.807, 2.05) is 0 Å². The van der Waals surface area contributed by atoms with Gasteiger partial charge in [-0.2, -0.15) is 0 Å². The average Bonchev–Trinajstić information content (AvgIpc) is 1.38. The van der Waals surface area contributed by atoms with Gasteiger partial charge < -0.3 is 10.9 Å². The molecule has 0 saturated carbocycles. The SMILES string of the molecule is [B]C(N)=NO. The molecule has 3 N–H and O–H groups in total. The molecule has 0 atom stereocenters. The molecule has 0 bridgehead atoms. The van der Waals surface area contributed by atoms with Crippen LogP contribution in [0.4, 0.5) is 0 Å². The van der Waals surface area contributed by atoms with Gasteiger partial charge in [-0.05, 0) is 0 Å². The number of oxime groups is 1. The molecule has 0 heterocycles. The Morgan fingerprint density at radius 2 is 2.20 bits per heavy atom. The Bertz CT molecular complexity index is 47.6. The summed E-state index contributed by atoms with van der Waals surface area (Å²) in [6, 6.07) is 0. The van der Waals surface area contributed by atoms with Gasteiger partial charge in [0, 0.05) is 0 Å². The summed E-state index contributed by atoms with van der Waals surface area (Å²) < 4.78 is 0. The molecule has 0 saturated heterocycles. The van der Waals surface area contributed by atoms with E-state index in [-0.39, 0.29) is 5.73 Å². The van der Waals surface area contributed by atoms with Crippen molar-refractivity contribution in [1.29, 1.82) is 0 Å². The molecule has 3 nitrogen and oxygen atoms in total. The number of hydrogen-bond acceptors (Lipinski definition) is 2. The highest BCUT2D eigenvalue weighted by Crippen LogP contribution is 1.43. The van der Waals surface area contributed by atoms with Gasteiger partial charge in [-0.3, -0.25) is 0 Å². The van der Waals surface area contributed by atoms with Crippen LogP contribution < -0.4 is 5.73 Å². The lowest BCUT2D eigenvalue weighted by Gasteiger charge is -1.74. The van der Waals surface area contributed by atoms with Gasteiger partial charge in [-0.25, -0.2) is 0 Å². The third-order valence-electron chi connectivity index (χ3n) is 0.115. The minimum atomic E-state index is -0.315. The maximum Gasteiger partial charge on any atom is 0.171 e. The molecular weight excluding hydrogens is 66.8 g/mol. The molecule has 0 aromatic heterocycles. The minimum absolute atomic E-state index is 0.315. The molecule has 5 heavy (non-hydrogen) atoms. The molecular formula is CH3BN2O. The van der Waals surface area contributed by atoms with E-state index in [4.69, 9.17) is 5.21 Å². The fourth-order valence-corrected chi connectivity index (χ4v) is 0. The normalized spacial score (nSPS) is 11.6. The second kappa shape index (κ2) is 1.63. The first-order valence-corrected chi connectivity index (χ1v) is 1.00. The van der Waals surface area contributed by atoms with Crippen LogP contribution in [0.3, 0.4) is 0 Å². The Balaban J connectivity index is 3.14. The number of nitrogens with zero attached hydrogens (tertiary/aromatic N) is 1. The fraction of sp³-hybridized carbons (Fsp3) is 0. The highest BCUT2D eigenvalue weighted by molar-refractivity contribution is 6.58. The predicted molar refractivity (Wildman–Crippen MR) is 19.2 cm³/mol.